The third kappa shape index (κ3) is 3.75. The van der Waals surface area contributed by atoms with Gasteiger partial charge in [0.15, 0.2) is 3.92 Å². The molecule has 0 saturated heterocycles. The normalized spacial score (nSPS) is 10.1. The second-order valence-electron chi connectivity index (χ2n) is 2.81. The lowest BCUT2D eigenvalue weighted by Crippen LogP contribution is -2.37. The molecule has 1 rings (SSSR count). The van der Waals surface area contributed by atoms with Gasteiger partial charge >= 0.3 is 0 Å². The number of rotatable bonds is 5. The summed E-state index contributed by atoms with van der Waals surface area (Å²) in [7, 11) is 0. The topological polar surface area (TPSA) is 58.1 Å². The standard InChI is InChI=1S/C8H13BrN4OS/c1-3-10-6(14)5-13(4-2)8-12-11-7(9)15-8/h3-5H2,1-2H3,(H,10,14). The highest BCUT2D eigenvalue weighted by molar-refractivity contribution is 9.11. The Morgan fingerprint density at radius 1 is 1.53 bits per heavy atom. The van der Waals surface area contributed by atoms with Crippen molar-refractivity contribution in [3.8, 4) is 0 Å². The van der Waals surface area contributed by atoms with Gasteiger partial charge in [0.1, 0.15) is 0 Å². The predicted octanol–water partition coefficient (Wildman–Crippen LogP) is 1.26. The van der Waals surface area contributed by atoms with Crippen molar-refractivity contribution in [2.24, 2.45) is 0 Å². The van der Waals surface area contributed by atoms with Gasteiger partial charge in [-0.25, -0.2) is 0 Å². The molecule has 15 heavy (non-hydrogen) atoms. The number of nitrogens with zero attached hydrogens (tertiary/aromatic N) is 3. The molecule has 0 spiro atoms. The van der Waals surface area contributed by atoms with E-state index in [1.165, 1.54) is 11.3 Å². The number of anilines is 1. The minimum atomic E-state index is 0.00525. The maximum atomic E-state index is 11.4. The molecule has 0 aliphatic carbocycles. The van der Waals surface area contributed by atoms with E-state index in [9.17, 15) is 4.79 Å². The number of aromatic nitrogens is 2. The summed E-state index contributed by atoms with van der Waals surface area (Å²) < 4.78 is 0.729. The maximum absolute atomic E-state index is 11.4. The third-order valence-electron chi connectivity index (χ3n) is 1.75. The lowest BCUT2D eigenvalue weighted by atomic mass is 10.5. The van der Waals surface area contributed by atoms with Gasteiger partial charge in [-0.2, -0.15) is 0 Å². The van der Waals surface area contributed by atoms with Crippen LogP contribution < -0.4 is 10.2 Å². The smallest absolute Gasteiger partial charge is 0.239 e. The molecular weight excluding hydrogens is 280 g/mol. The van der Waals surface area contributed by atoms with E-state index in [4.69, 9.17) is 0 Å². The van der Waals surface area contributed by atoms with Gasteiger partial charge in [-0.05, 0) is 29.8 Å². The molecule has 5 nitrogen and oxygen atoms in total. The Balaban J connectivity index is 2.60. The summed E-state index contributed by atoms with van der Waals surface area (Å²) >= 11 is 4.67. The van der Waals surface area contributed by atoms with Crippen LogP contribution in [0.4, 0.5) is 5.13 Å². The van der Waals surface area contributed by atoms with Crippen LogP contribution in [-0.2, 0) is 4.79 Å². The Kier molecular flexibility index (Phi) is 4.97. The summed E-state index contributed by atoms with van der Waals surface area (Å²) in [6.45, 7) is 5.59. The highest BCUT2D eigenvalue weighted by Gasteiger charge is 2.13. The second kappa shape index (κ2) is 6.02. The van der Waals surface area contributed by atoms with E-state index in [-0.39, 0.29) is 5.91 Å². The summed E-state index contributed by atoms with van der Waals surface area (Å²) in [5, 5.41) is 11.3. The number of halogens is 1. The second-order valence-corrected chi connectivity index (χ2v) is 5.04. The summed E-state index contributed by atoms with van der Waals surface area (Å²) in [4.78, 5) is 13.3. The first-order valence-electron chi connectivity index (χ1n) is 4.68. The Labute approximate surface area is 101 Å². The van der Waals surface area contributed by atoms with Crippen LogP contribution in [0, 0.1) is 0 Å². The van der Waals surface area contributed by atoms with Crippen LogP contribution in [0.3, 0.4) is 0 Å². The van der Waals surface area contributed by atoms with Crippen molar-refractivity contribution in [3.05, 3.63) is 3.92 Å². The van der Waals surface area contributed by atoms with E-state index in [2.05, 4.69) is 31.4 Å². The van der Waals surface area contributed by atoms with Crippen LogP contribution in [0.1, 0.15) is 13.8 Å². The Bertz CT molecular complexity index is 330. The zero-order valence-electron chi connectivity index (χ0n) is 8.66. The number of amides is 1. The van der Waals surface area contributed by atoms with Crippen molar-refractivity contribution < 1.29 is 4.79 Å². The van der Waals surface area contributed by atoms with Crippen molar-refractivity contribution >= 4 is 38.3 Å². The van der Waals surface area contributed by atoms with Gasteiger partial charge in [-0.1, -0.05) is 11.3 Å². The molecule has 1 heterocycles. The van der Waals surface area contributed by atoms with Crippen LogP contribution >= 0.6 is 27.3 Å². The SMILES string of the molecule is CCNC(=O)CN(CC)c1nnc(Br)s1. The zero-order chi connectivity index (χ0) is 11.3. The van der Waals surface area contributed by atoms with E-state index in [1.54, 1.807) is 0 Å². The van der Waals surface area contributed by atoms with Crippen molar-refractivity contribution in [3.63, 3.8) is 0 Å². The monoisotopic (exact) mass is 292 g/mol. The molecular formula is C8H13BrN4OS. The number of hydrogen-bond acceptors (Lipinski definition) is 5. The molecule has 1 aromatic rings. The fraction of sp³-hybridized carbons (Fsp3) is 0.625. The van der Waals surface area contributed by atoms with Gasteiger partial charge in [0.05, 0.1) is 6.54 Å². The van der Waals surface area contributed by atoms with Gasteiger partial charge < -0.3 is 10.2 Å². The molecule has 1 amide bonds. The molecule has 7 heteroatoms. The predicted molar refractivity (Wildman–Crippen MR) is 64.2 cm³/mol. The number of carbonyl (C=O) groups excluding carboxylic acids is 1. The average molecular weight is 293 g/mol. The molecule has 0 saturated carbocycles. The quantitative estimate of drug-likeness (QED) is 0.888. The lowest BCUT2D eigenvalue weighted by molar-refractivity contribution is -0.119. The van der Waals surface area contributed by atoms with Crippen LogP contribution in [0.2, 0.25) is 0 Å². The van der Waals surface area contributed by atoms with Crippen LogP contribution in [0.15, 0.2) is 3.92 Å². The fourth-order valence-electron chi connectivity index (χ4n) is 1.07. The van der Waals surface area contributed by atoms with Crippen molar-refractivity contribution in [1.29, 1.82) is 0 Å². The number of carbonyl (C=O) groups is 1. The summed E-state index contributed by atoms with van der Waals surface area (Å²) in [6.07, 6.45) is 0. The molecule has 0 fully saturated rings. The first-order valence-corrected chi connectivity index (χ1v) is 6.29. The third-order valence-corrected chi connectivity index (χ3v) is 3.17. The van der Waals surface area contributed by atoms with Gasteiger partial charge in [0, 0.05) is 13.1 Å². The highest BCUT2D eigenvalue weighted by atomic mass is 79.9. The molecule has 0 aliphatic heterocycles. The molecule has 0 atom stereocenters. The largest absolute Gasteiger partial charge is 0.355 e. The molecule has 84 valence electrons. The Hall–Kier alpha value is -0.690. The molecule has 1 N–H and O–H groups in total. The summed E-state index contributed by atoms with van der Waals surface area (Å²) in [5.74, 6) is 0.00525. The zero-order valence-corrected chi connectivity index (χ0v) is 11.1. The Morgan fingerprint density at radius 3 is 2.73 bits per heavy atom. The minimum absolute atomic E-state index is 0.00525. The fourth-order valence-corrected chi connectivity index (χ4v) is 2.22. The van der Waals surface area contributed by atoms with E-state index < -0.39 is 0 Å². The number of hydrogen-bond donors (Lipinski definition) is 1. The van der Waals surface area contributed by atoms with E-state index in [0.29, 0.717) is 13.1 Å². The van der Waals surface area contributed by atoms with Gasteiger partial charge in [-0.15, -0.1) is 10.2 Å². The van der Waals surface area contributed by atoms with E-state index in [1.807, 2.05) is 18.7 Å². The van der Waals surface area contributed by atoms with Crippen molar-refractivity contribution in [2.45, 2.75) is 13.8 Å². The molecule has 0 aliphatic rings. The highest BCUT2D eigenvalue weighted by Crippen LogP contribution is 2.23. The summed E-state index contributed by atoms with van der Waals surface area (Å²) in [6, 6.07) is 0. The molecule has 1 aromatic heterocycles. The molecule has 0 radical (unpaired) electrons. The molecule has 0 aromatic carbocycles. The van der Waals surface area contributed by atoms with Gasteiger partial charge in [-0.3, -0.25) is 4.79 Å². The van der Waals surface area contributed by atoms with E-state index >= 15 is 0 Å². The maximum Gasteiger partial charge on any atom is 0.239 e. The summed E-state index contributed by atoms with van der Waals surface area (Å²) in [5.41, 5.74) is 0. The van der Waals surface area contributed by atoms with Gasteiger partial charge in [0.25, 0.3) is 0 Å². The first kappa shape index (κ1) is 12.4. The first-order chi connectivity index (χ1) is 7.17. The van der Waals surface area contributed by atoms with Crippen molar-refractivity contribution in [1.82, 2.24) is 15.5 Å². The Morgan fingerprint density at radius 2 is 2.27 bits per heavy atom. The van der Waals surface area contributed by atoms with Crippen LogP contribution in [-0.4, -0.2) is 35.7 Å². The molecule has 0 unspecified atom stereocenters. The number of nitrogens with one attached hydrogen (secondary N) is 1. The van der Waals surface area contributed by atoms with Crippen LogP contribution in [0.25, 0.3) is 0 Å². The number of likely N-dealkylation sites (N-methyl/N-ethyl adjacent to an activating group) is 2. The molecule has 0 bridgehead atoms. The van der Waals surface area contributed by atoms with Gasteiger partial charge in [0.2, 0.25) is 11.0 Å². The minimum Gasteiger partial charge on any atom is -0.355 e. The lowest BCUT2D eigenvalue weighted by Gasteiger charge is -2.17. The average Bonchev–Trinajstić information content (AvgIpc) is 2.61. The van der Waals surface area contributed by atoms with Crippen molar-refractivity contribution in [2.75, 3.05) is 24.5 Å². The van der Waals surface area contributed by atoms with Crippen LogP contribution in [0.5, 0.6) is 0 Å². The van der Waals surface area contributed by atoms with E-state index in [0.717, 1.165) is 15.6 Å².